The van der Waals surface area contributed by atoms with Gasteiger partial charge in [-0.05, 0) is 30.7 Å². The van der Waals surface area contributed by atoms with Crippen LogP contribution in [0, 0.1) is 6.92 Å². The van der Waals surface area contributed by atoms with Crippen LogP contribution < -0.4 is 5.32 Å². The first-order chi connectivity index (χ1) is 13.0. The van der Waals surface area contributed by atoms with Crippen molar-refractivity contribution in [2.75, 3.05) is 31.6 Å². The fourth-order valence-electron chi connectivity index (χ4n) is 3.38. The lowest BCUT2D eigenvalue weighted by Gasteiger charge is -2.27. The van der Waals surface area contributed by atoms with Crippen LogP contribution in [0.4, 0.5) is 11.5 Å². The van der Waals surface area contributed by atoms with E-state index in [0.717, 1.165) is 32.9 Å². The minimum atomic E-state index is -0.00214. The molecule has 0 spiro atoms. The van der Waals surface area contributed by atoms with E-state index in [9.17, 15) is 4.79 Å². The number of hydrogen-bond acceptors (Lipinski definition) is 5. The number of anilines is 2. The maximum atomic E-state index is 13.0. The van der Waals surface area contributed by atoms with Crippen molar-refractivity contribution >= 4 is 40.9 Å². The highest BCUT2D eigenvalue weighted by molar-refractivity contribution is 7.80. The van der Waals surface area contributed by atoms with Crippen LogP contribution in [0.25, 0.3) is 10.9 Å². The van der Waals surface area contributed by atoms with E-state index in [0.29, 0.717) is 31.9 Å². The highest BCUT2D eigenvalue weighted by Gasteiger charge is 2.23. The second kappa shape index (κ2) is 7.25. The summed E-state index contributed by atoms with van der Waals surface area (Å²) in [6.45, 7) is 4.41. The summed E-state index contributed by atoms with van der Waals surface area (Å²) in [4.78, 5) is 20.3. The van der Waals surface area contributed by atoms with Crippen molar-refractivity contribution in [1.82, 2.24) is 14.5 Å². The number of carbonyl (C=O) groups excluding carboxylic acids is 1. The number of aromatic nitrogens is 2. The number of benzene rings is 1. The monoisotopic (exact) mass is 382 g/mol. The van der Waals surface area contributed by atoms with Gasteiger partial charge in [-0.1, -0.05) is 6.07 Å². The molecule has 1 aromatic carbocycles. The number of fused-ring (bicyclic) bond motifs is 1. The van der Waals surface area contributed by atoms with Crippen molar-refractivity contribution in [2.24, 2.45) is 7.05 Å². The Morgan fingerprint density at radius 3 is 2.81 bits per heavy atom. The zero-order chi connectivity index (χ0) is 19.0. The van der Waals surface area contributed by atoms with E-state index in [4.69, 9.17) is 4.74 Å². The molecule has 1 saturated heterocycles. The molecule has 2 aromatic heterocycles. The largest absolute Gasteiger partial charge is 0.378 e. The first kappa shape index (κ1) is 17.9. The van der Waals surface area contributed by atoms with Crippen LogP contribution in [0.2, 0.25) is 0 Å². The Kier molecular flexibility index (Phi) is 4.80. The van der Waals surface area contributed by atoms with Crippen molar-refractivity contribution in [2.45, 2.75) is 11.8 Å². The van der Waals surface area contributed by atoms with Gasteiger partial charge in [0.2, 0.25) is 0 Å². The first-order valence-electron chi connectivity index (χ1n) is 8.92. The van der Waals surface area contributed by atoms with E-state index >= 15 is 0 Å². The van der Waals surface area contributed by atoms with E-state index < -0.39 is 0 Å². The van der Waals surface area contributed by atoms with Crippen molar-refractivity contribution in [1.29, 1.82) is 0 Å². The van der Waals surface area contributed by atoms with Gasteiger partial charge >= 0.3 is 0 Å². The van der Waals surface area contributed by atoms with Crippen molar-refractivity contribution < 1.29 is 9.53 Å². The Morgan fingerprint density at radius 1 is 1.26 bits per heavy atom. The van der Waals surface area contributed by atoms with Crippen LogP contribution in [0.5, 0.6) is 0 Å². The average Bonchev–Trinajstić information content (AvgIpc) is 3.07. The van der Waals surface area contributed by atoms with Gasteiger partial charge in [-0.3, -0.25) is 4.79 Å². The summed E-state index contributed by atoms with van der Waals surface area (Å²) in [7, 11) is 1.95. The Balaban J connectivity index is 1.74. The zero-order valence-corrected chi connectivity index (χ0v) is 16.3. The summed E-state index contributed by atoms with van der Waals surface area (Å²) in [5.41, 5.74) is 3.55. The van der Waals surface area contributed by atoms with Crippen LogP contribution in [0.1, 0.15) is 15.9 Å². The number of nitrogens with zero attached hydrogens (tertiary/aromatic N) is 3. The van der Waals surface area contributed by atoms with E-state index in [2.05, 4.69) is 22.9 Å². The fraction of sp³-hybridized carbons (Fsp3) is 0.300. The van der Waals surface area contributed by atoms with Crippen molar-refractivity contribution in [3.05, 3.63) is 47.8 Å². The molecular formula is C20H22N4O2S. The molecule has 27 heavy (non-hydrogen) atoms. The topological polar surface area (TPSA) is 59.4 Å². The molecule has 0 bridgehead atoms. The van der Waals surface area contributed by atoms with Gasteiger partial charge in [0.1, 0.15) is 5.82 Å². The number of morpholine rings is 1. The molecule has 1 N–H and O–H groups in total. The Morgan fingerprint density at radius 2 is 2.04 bits per heavy atom. The quantitative estimate of drug-likeness (QED) is 0.682. The lowest BCUT2D eigenvalue weighted by Crippen LogP contribution is -2.40. The molecule has 3 aromatic rings. The number of rotatable bonds is 3. The molecular weight excluding hydrogens is 360 g/mol. The maximum absolute atomic E-state index is 13.0. The summed E-state index contributed by atoms with van der Waals surface area (Å²) in [5, 5.41) is 4.31. The molecule has 0 unspecified atom stereocenters. The third-order valence-electron chi connectivity index (χ3n) is 4.91. The molecule has 0 radical (unpaired) electrons. The average molecular weight is 382 g/mol. The molecule has 1 fully saturated rings. The van der Waals surface area contributed by atoms with Gasteiger partial charge in [0.25, 0.3) is 5.91 Å². The Bertz CT molecular complexity index is 1010. The molecule has 1 amide bonds. The summed E-state index contributed by atoms with van der Waals surface area (Å²) in [6, 6.07) is 7.94. The lowest BCUT2D eigenvalue weighted by atomic mass is 10.1. The summed E-state index contributed by atoms with van der Waals surface area (Å²) in [5.74, 6) is 0.726. The molecule has 0 atom stereocenters. The molecule has 6 nitrogen and oxygen atoms in total. The maximum Gasteiger partial charge on any atom is 0.257 e. The van der Waals surface area contributed by atoms with Crippen LogP contribution in [0.3, 0.4) is 0 Å². The highest BCUT2D eigenvalue weighted by Crippen LogP contribution is 2.30. The minimum absolute atomic E-state index is 0.00214. The van der Waals surface area contributed by atoms with Crippen LogP contribution in [-0.4, -0.2) is 46.7 Å². The second-order valence-corrected chi connectivity index (χ2v) is 7.25. The SMILES string of the molecule is Cc1ccc(S)cc1Nc1ncc(C(=O)N2CCOCC2)c2c1ccn2C. The predicted octanol–water partition coefficient (Wildman–Crippen LogP) is 3.39. The number of amides is 1. The molecule has 140 valence electrons. The summed E-state index contributed by atoms with van der Waals surface area (Å²) >= 11 is 4.42. The standard InChI is InChI=1S/C20H22N4O2S/c1-13-3-4-14(27)11-17(13)22-19-15-5-6-23(2)18(15)16(12-21-19)20(25)24-7-9-26-10-8-24/h3-6,11-12,27H,7-10H2,1-2H3,(H,21,22). The normalized spacial score (nSPS) is 14.6. The van der Waals surface area contributed by atoms with Crippen molar-refractivity contribution in [3.8, 4) is 0 Å². The minimum Gasteiger partial charge on any atom is -0.378 e. The number of aryl methyl sites for hydroxylation is 2. The van der Waals surface area contributed by atoms with Crippen molar-refractivity contribution in [3.63, 3.8) is 0 Å². The van der Waals surface area contributed by atoms with Gasteiger partial charge in [0, 0.05) is 48.5 Å². The lowest BCUT2D eigenvalue weighted by molar-refractivity contribution is 0.0303. The zero-order valence-electron chi connectivity index (χ0n) is 15.4. The molecule has 0 aliphatic carbocycles. The molecule has 3 heterocycles. The third-order valence-corrected chi connectivity index (χ3v) is 5.19. The van der Waals surface area contributed by atoms with E-state index in [1.807, 2.05) is 53.9 Å². The van der Waals surface area contributed by atoms with E-state index in [-0.39, 0.29) is 5.91 Å². The number of pyridine rings is 1. The van der Waals surface area contributed by atoms with Gasteiger partial charge in [0.05, 0.1) is 24.3 Å². The number of carbonyl (C=O) groups is 1. The van der Waals surface area contributed by atoms with Gasteiger partial charge in [-0.2, -0.15) is 0 Å². The third kappa shape index (κ3) is 3.40. The van der Waals surface area contributed by atoms with Gasteiger partial charge in [-0.25, -0.2) is 4.98 Å². The molecule has 0 saturated carbocycles. The number of hydrogen-bond donors (Lipinski definition) is 2. The van der Waals surface area contributed by atoms with Crippen LogP contribution >= 0.6 is 12.6 Å². The van der Waals surface area contributed by atoms with E-state index in [1.165, 1.54) is 0 Å². The molecule has 7 heteroatoms. The Labute approximate surface area is 163 Å². The fourth-order valence-corrected chi connectivity index (χ4v) is 3.58. The van der Waals surface area contributed by atoms with Crippen LogP contribution in [0.15, 0.2) is 41.6 Å². The highest BCUT2D eigenvalue weighted by atomic mass is 32.1. The Hall–Kier alpha value is -2.51. The molecule has 4 rings (SSSR count). The first-order valence-corrected chi connectivity index (χ1v) is 9.37. The second-order valence-electron chi connectivity index (χ2n) is 6.74. The number of thiol groups is 1. The van der Waals surface area contributed by atoms with Crippen LogP contribution in [-0.2, 0) is 11.8 Å². The predicted molar refractivity (Wildman–Crippen MR) is 109 cm³/mol. The molecule has 1 aliphatic rings. The molecule has 1 aliphatic heterocycles. The van der Waals surface area contributed by atoms with Gasteiger partial charge < -0.3 is 19.5 Å². The smallest absolute Gasteiger partial charge is 0.257 e. The number of nitrogens with one attached hydrogen (secondary N) is 1. The van der Waals surface area contributed by atoms with E-state index in [1.54, 1.807) is 6.20 Å². The van der Waals surface area contributed by atoms with Gasteiger partial charge in [0.15, 0.2) is 0 Å². The number of ether oxygens (including phenoxy) is 1. The summed E-state index contributed by atoms with van der Waals surface area (Å²) < 4.78 is 7.33. The summed E-state index contributed by atoms with van der Waals surface area (Å²) in [6.07, 6.45) is 3.62. The van der Waals surface area contributed by atoms with Gasteiger partial charge in [-0.15, -0.1) is 12.6 Å².